The third-order valence-electron chi connectivity index (χ3n) is 5.10. The van der Waals surface area contributed by atoms with Crippen molar-refractivity contribution in [2.75, 3.05) is 5.43 Å². The lowest BCUT2D eigenvalue weighted by molar-refractivity contribution is -0.116. The zero-order valence-electron chi connectivity index (χ0n) is 17.1. The number of fused-ring (bicyclic) bond motifs is 2. The van der Waals surface area contributed by atoms with Gasteiger partial charge in [0.1, 0.15) is 17.0 Å². The summed E-state index contributed by atoms with van der Waals surface area (Å²) in [4.78, 5) is 37.9. The highest BCUT2D eigenvalue weighted by Gasteiger charge is 2.17. The summed E-state index contributed by atoms with van der Waals surface area (Å²) >= 11 is 2.86. The predicted molar refractivity (Wildman–Crippen MR) is 131 cm³/mol. The van der Waals surface area contributed by atoms with Gasteiger partial charge in [0.2, 0.25) is 0 Å². The summed E-state index contributed by atoms with van der Waals surface area (Å²) in [6, 6.07) is 17.4. The van der Waals surface area contributed by atoms with E-state index in [1.54, 1.807) is 11.0 Å². The van der Waals surface area contributed by atoms with Crippen LogP contribution in [0.4, 0.5) is 0 Å². The third-order valence-corrected chi connectivity index (χ3v) is 7.13. The summed E-state index contributed by atoms with van der Waals surface area (Å²) in [5.41, 5.74) is 6.24. The van der Waals surface area contributed by atoms with Gasteiger partial charge in [0, 0.05) is 10.9 Å². The first-order chi connectivity index (χ1) is 15.6. The molecule has 0 radical (unpaired) electrons. The molecule has 0 saturated heterocycles. The number of carbonyl (C=O) groups excluding carboxylic acids is 1. The lowest BCUT2D eigenvalue weighted by Gasteiger charge is -2.12. The summed E-state index contributed by atoms with van der Waals surface area (Å²) in [6.45, 7) is 1.83. The second-order valence-electron chi connectivity index (χ2n) is 7.24. The number of thiophene rings is 1. The molecule has 0 spiro atoms. The molecule has 0 aliphatic rings. The first-order valence-corrected chi connectivity index (χ1v) is 11.9. The minimum absolute atomic E-state index is 0.149. The number of amides is 1. The van der Waals surface area contributed by atoms with Gasteiger partial charge in [0.25, 0.3) is 11.5 Å². The SMILES string of the molecule is CC(SCc1nc2scc(-c3ccccc3)c2c(=O)[nH]1)C(=O)Nn1cnc2ccccc21. The first kappa shape index (κ1) is 20.5. The van der Waals surface area contributed by atoms with Crippen LogP contribution in [0.15, 0.2) is 71.1 Å². The Balaban J connectivity index is 1.29. The van der Waals surface area contributed by atoms with Gasteiger partial charge in [-0.05, 0) is 24.6 Å². The minimum Gasteiger partial charge on any atom is -0.309 e. The monoisotopic (exact) mass is 461 g/mol. The van der Waals surface area contributed by atoms with E-state index in [4.69, 9.17) is 0 Å². The van der Waals surface area contributed by atoms with E-state index in [0.29, 0.717) is 21.8 Å². The second kappa shape index (κ2) is 8.60. The van der Waals surface area contributed by atoms with Crippen LogP contribution in [0.2, 0.25) is 0 Å². The van der Waals surface area contributed by atoms with Gasteiger partial charge in [0.15, 0.2) is 0 Å². The maximum atomic E-state index is 12.8. The second-order valence-corrected chi connectivity index (χ2v) is 9.43. The molecule has 7 nitrogen and oxygen atoms in total. The molecule has 160 valence electrons. The number of hydrogen-bond donors (Lipinski definition) is 2. The molecule has 0 saturated carbocycles. The van der Waals surface area contributed by atoms with Crippen LogP contribution in [0.25, 0.3) is 32.4 Å². The van der Waals surface area contributed by atoms with Crippen LogP contribution in [0.1, 0.15) is 12.7 Å². The molecule has 5 aromatic rings. The number of nitrogens with one attached hydrogen (secondary N) is 2. The number of imidazole rings is 1. The van der Waals surface area contributed by atoms with Crippen molar-refractivity contribution >= 4 is 50.3 Å². The van der Waals surface area contributed by atoms with Crippen LogP contribution in [-0.2, 0) is 10.5 Å². The Morgan fingerprint density at radius 2 is 1.97 bits per heavy atom. The number of carbonyl (C=O) groups is 1. The standard InChI is InChI=1S/C23H19N5O2S2/c1-14(21(29)27-28-13-24-17-9-5-6-10-18(17)28)31-12-19-25-22(30)20-16(11-32-23(20)26-19)15-7-3-2-4-8-15/h2-11,13-14H,12H2,1H3,(H,27,29)(H,25,26,30). The number of nitrogens with zero attached hydrogens (tertiary/aromatic N) is 3. The van der Waals surface area contributed by atoms with Gasteiger partial charge in [-0.25, -0.2) is 14.6 Å². The highest BCUT2D eigenvalue weighted by atomic mass is 32.2. The van der Waals surface area contributed by atoms with Crippen LogP contribution >= 0.6 is 23.1 Å². The Hall–Kier alpha value is -3.43. The maximum Gasteiger partial charge on any atom is 0.260 e. The molecule has 2 aromatic carbocycles. The van der Waals surface area contributed by atoms with E-state index in [1.165, 1.54) is 23.1 Å². The fourth-order valence-electron chi connectivity index (χ4n) is 3.43. The first-order valence-electron chi connectivity index (χ1n) is 10.0. The van der Waals surface area contributed by atoms with Crippen molar-refractivity contribution in [3.8, 4) is 11.1 Å². The number of aromatic nitrogens is 4. The molecule has 32 heavy (non-hydrogen) atoms. The van der Waals surface area contributed by atoms with Crippen molar-refractivity contribution in [3.05, 3.63) is 82.5 Å². The van der Waals surface area contributed by atoms with E-state index in [9.17, 15) is 9.59 Å². The zero-order valence-corrected chi connectivity index (χ0v) is 18.7. The average molecular weight is 462 g/mol. The largest absolute Gasteiger partial charge is 0.309 e. The Kier molecular flexibility index (Phi) is 5.50. The van der Waals surface area contributed by atoms with Gasteiger partial charge in [-0.3, -0.25) is 15.0 Å². The molecule has 9 heteroatoms. The fraction of sp³-hybridized carbons (Fsp3) is 0.130. The summed E-state index contributed by atoms with van der Waals surface area (Å²) in [6.07, 6.45) is 1.59. The molecule has 0 aliphatic carbocycles. The summed E-state index contributed by atoms with van der Waals surface area (Å²) in [7, 11) is 0. The molecule has 3 heterocycles. The van der Waals surface area contributed by atoms with E-state index in [2.05, 4.69) is 20.4 Å². The van der Waals surface area contributed by atoms with E-state index in [-0.39, 0.29) is 16.7 Å². The lowest BCUT2D eigenvalue weighted by atomic mass is 10.1. The molecular weight excluding hydrogens is 442 g/mol. The maximum absolute atomic E-state index is 12.8. The van der Waals surface area contributed by atoms with Crippen LogP contribution in [0.3, 0.4) is 0 Å². The van der Waals surface area contributed by atoms with Gasteiger partial charge in [-0.15, -0.1) is 23.1 Å². The van der Waals surface area contributed by atoms with Gasteiger partial charge >= 0.3 is 0 Å². The van der Waals surface area contributed by atoms with E-state index < -0.39 is 0 Å². The number of benzene rings is 2. The molecule has 1 unspecified atom stereocenters. The Morgan fingerprint density at radius 1 is 1.19 bits per heavy atom. The molecular formula is C23H19N5O2S2. The Bertz CT molecular complexity index is 1470. The molecule has 0 aliphatic heterocycles. The minimum atomic E-state index is -0.347. The van der Waals surface area contributed by atoms with Crippen molar-refractivity contribution in [3.63, 3.8) is 0 Å². The van der Waals surface area contributed by atoms with Crippen LogP contribution in [0.5, 0.6) is 0 Å². The number of rotatable bonds is 6. The van der Waals surface area contributed by atoms with E-state index in [0.717, 1.165) is 22.2 Å². The van der Waals surface area contributed by atoms with Crippen molar-refractivity contribution in [1.82, 2.24) is 19.6 Å². The van der Waals surface area contributed by atoms with Crippen LogP contribution < -0.4 is 11.0 Å². The Morgan fingerprint density at radius 3 is 2.81 bits per heavy atom. The fourth-order valence-corrected chi connectivity index (χ4v) is 5.15. The van der Waals surface area contributed by atoms with E-state index >= 15 is 0 Å². The highest BCUT2D eigenvalue weighted by molar-refractivity contribution is 7.99. The number of H-pyrrole nitrogens is 1. The molecule has 1 atom stereocenters. The van der Waals surface area contributed by atoms with E-state index in [1.807, 2.05) is 66.9 Å². The molecule has 0 bridgehead atoms. The van der Waals surface area contributed by atoms with Crippen molar-refractivity contribution in [1.29, 1.82) is 0 Å². The average Bonchev–Trinajstić information content (AvgIpc) is 3.43. The van der Waals surface area contributed by atoms with Gasteiger partial charge in [-0.1, -0.05) is 42.5 Å². The van der Waals surface area contributed by atoms with Gasteiger partial charge in [-0.2, -0.15) is 0 Å². The van der Waals surface area contributed by atoms with Crippen molar-refractivity contribution in [2.45, 2.75) is 17.9 Å². The van der Waals surface area contributed by atoms with Crippen LogP contribution in [-0.4, -0.2) is 30.8 Å². The highest BCUT2D eigenvalue weighted by Crippen LogP contribution is 2.30. The van der Waals surface area contributed by atoms with Gasteiger partial charge < -0.3 is 4.98 Å². The normalized spacial score (nSPS) is 12.3. The molecule has 5 rings (SSSR count). The Labute approximate surface area is 191 Å². The molecule has 2 N–H and O–H groups in total. The van der Waals surface area contributed by atoms with Crippen molar-refractivity contribution in [2.24, 2.45) is 0 Å². The molecule has 3 aromatic heterocycles. The van der Waals surface area contributed by atoms with Crippen LogP contribution in [0, 0.1) is 0 Å². The summed E-state index contributed by atoms with van der Waals surface area (Å²) < 4.78 is 1.62. The smallest absolute Gasteiger partial charge is 0.260 e. The lowest BCUT2D eigenvalue weighted by Crippen LogP contribution is -2.29. The number of hydrogen-bond acceptors (Lipinski definition) is 6. The number of aromatic amines is 1. The van der Waals surface area contributed by atoms with Gasteiger partial charge in [0.05, 0.1) is 27.4 Å². The zero-order chi connectivity index (χ0) is 22.1. The summed E-state index contributed by atoms with van der Waals surface area (Å²) in [5, 5.41) is 2.22. The molecule has 1 amide bonds. The summed E-state index contributed by atoms with van der Waals surface area (Å²) in [5.74, 6) is 0.828. The quantitative estimate of drug-likeness (QED) is 0.391. The van der Waals surface area contributed by atoms with Crippen molar-refractivity contribution < 1.29 is 4.79 Å². The molecule has 0 fully saturated rings. The number of para-hydroxylation sites is 2. The predicted octanol–water partition coefficient (Wildman–Crippen LogP) is 4.39. The number of thioether (sulfide) groups is 1. The topological polar surface area (TPSA) is 92.7 Å². The third kappa shape index (κ3) is 3.92.